The van der Waals surface area contributed by atoms with E-state index in [2.05, 4.69) is 27.4 Å². The SMILES string of the molecule is N#Cc1ccc(CCCC(=O)O)c(NC(=O)[C@@H]2C[C@]23CCOc2ccc(-c4cncnc4)cc23)c1. The first-order valence-electron chi connectivity index (χ1n) is 11.6. The van der Waals surface area contributed by atoms with Gasteiger partial charge in [0.15, 0.2) is 0 Å². The summed E-state index contributed by atoms with van der Waals surface area (Å²) < 4.78 is 5.90. The van der Waals surface area contributed by atoms with Gasteiger partial charge in [0.25, 0.3) is 0 Å². The van der Waals surface area contributed by atoms with Gasteiger partial charge in [0.1, 0.15) is 12.1 Å². The predicted octanol–water partition coefficient (Wildman–Crippen LogP) is 4.10. The van der Waals surface area contributed by atoms with Crippen LogP contribution in [0.2, 0.25) is 0 Å². The van der Waals surface area contributed by atoms with Crippen molar-refractivity contribution in [2.45, 2.75) is 37.5 Å². The highest BCUT2D eigenvalue weighted by atomic mass is 16.5. The lowest BCUT2D eigenvalue weighted by molar-refractivity contribution is -0.137. The van der Waals surface area contributed by atoms with Crippen LogP contribution in [0.5, 0.6) is 5.75 Å². The Balaban J connectivity index is 1.38. The zero-order valence-corrected chi connectivity index (χ0v) is 19.0. The molecule has 2 atom stereocenters. The van der Waals surface area contributed by atoms with Crippen LogP contribution in [0.15, 0.2) is 55.1 Å². The van der Waals surface area contributed by atoms with Crippen molar-refractivity contribution in [1.82, 2.24) is 9.97 Å². The van der Waals surface area contributed by atoms with Crippen molar-refractivity contribution in [3.8, 4) is 22.9 Å². The Morgan fingerprint density at radius 2 is 2.00 bits per heavy atom. The number of carbonyl (C=O) groups is 2. The molecule has 1 aromatic heterocycles. The largest absolute Gasteiger partial charge is 0.493 e. The second kappa shape index (κ2) is 9.18. The normalized spacial score (nSPS) is 19.8. The molecule has 1 aliphatic heterocycles. The summed E-state index contributed by atoms with van der Waals surface area (Å²) in [6.45, 7) is 0.551. The Kier molecular flexibility index (Phi) is 5.91. The third-order valence-electron chi connectivity index (χ3n) is 6.94. The number of nitriles is 1. The molecule has 2 aromatic carbocycles. The first-order valence-corrected chi connectivity index (χ1v) is 11.6. The second-order valence-corrected chi connectivity index (χ2v) is 9.07. The summed E-state index contributed by atoms with van der Waals surface area (Å²) in [4.78, 5) is 32.5. The first kappa shape index (κ1) is 22.5. The first-order chi connectivity index (χ1) is 17.0. The maximum atomic E-state index is 13.4. The maximum Gasteiger partial charge on any atom is 0.303 e. The van der Waals surface area contributed by atoms with E-state index >= 15 is 0 Å². The summed E-state index contributed by atoms with van der Waals surface area (Å²) >= 11 is 0. The monoisotopic (exact) mass is 468 g/mol. The molecule has 176 valence electrons. The zero-order valence-electron chi connectivity index (χ0n) is 19.0. The number of hydrogen-bond acceptors (Lipinski definition) is 6. The van der Waals surface area contributed by atoms with Crippen LogP contribution in [0.3, 0.4) is 0 Å². The number of carbonyl (C=O) groups excluding carboxylic acids is 1. The number of ether oxygens (including phenoxy) is 1. The standard InChI is InChI=1S/C27H24N4O4/c28-13-17-4-5-18(2-1-3-25(32)33)23(10-17)31-26(34)22-12-27(22)8-9-35-24-7-6-19(11-21(24)27)20-14-29-16-30-15-20/h4-7,10-11,14-16,22H,1-3,8-9,12H2,(H,31,34)(H,32,33)/t22-,27-/m0/s1. The van der Waals surface area contributed by atoms with E-state index in [1.54, 1.807) is 30.6 Å². The van der Waals surface area contributed by atoms with Crippen LogP contribution < -0.4 is 10.1 Å². The molecule has 8 nitrogen and oxygen atoms in total. The lowest BCUT2D eigenvalue weighted by atomic mass is 9.85. The molecule has 1 spiro atoms. The molecule has 2 N–H and O–H groups in total. The second-order valence-electron chi connectivity index (χ2n) is 9.07. The molecular weight excluding hydrogens is 444 g/mol. The minimum absolute atomic E-state index is 0.0463. The van der Waals surface area contributed by atoms with E-state index in [9.17, 15) is 14.9 Å². The molecule has 1 saturated carbocycles. The van der Waals surface area contributed by atoms with Gasteiger partial charge in [-0.1, -0.05) is 12.1 Å². The van der Waals surface area contributed by atoms with E-state index in [0.717, 1.165) is 40.8 Å². The van der Waals surface area contributed by atoms with Crippen LogP contribution in [0.25, 0.3) is 11.1 Å². The number of nitrogens with one attached hydrogen (secondary N) is 1. The van der Waals surface area contributed by atoms with Gasteiger partial charge in [-0.15, -0.1) is 0 Å². The molecule has 2 aliphatic rings. The fourth-order valence-corrected chi connectivity index (χ4v) is 5.00. The highest BCUT2D eigenvalue weighted by molar-refractivity contribution is 5.97. The number of rotatable bonds is 7. The van der Waals surface area contributed by atoms with Crippen LogP contribution in [-0.4, -0.2) is 33.6 Å². The summed E-state index contributed by atoms with van der Waals surface area (Å²) in [5, 5.41) is 21.3. The number of anilines is 1. The van der Waals surface area contributed by atoms with Crippen molar-refractivity contribution in [3.63, 3.8) is 0 Å². The fourth-order valence-electron chi connectivity index (χ4n) is 5.00. The number of aromatic nitrogens is 2. The van der Waals surface area contributed by atoms with E-state index in [1.807, 2.05) is 12.1 Å². The summed E-state index contributed by atoms with van der Waals surface area (Å²) in [5.74, 6) is -0.373. The molecular formula is C27H24N4O4. The number of aryl methyl sites for hydroxylation is 1. The predicted molar refractivity (Wildman–Crippen MR) is 128 cm³/mol. The Bertz CT molecular complexity index is 1330. The lowest BCUT2D eigenvalue weighted by Gasteiger charge is -2.27. The average molecular weight is 469 g/mol. The molecule has 0 saturated heterocycles. The van der Waals surface area contributed by atoms with Crippen molar-refractivity contribution < 1.29 is 19.4 Å². The van der Waals surface area contributed by atoms with Gasteiger partial charge in [0.05, 0.1) is 18.2 Å². The molecule has 8 heteroatoms. The fraction of sp³-hybridized carbons (Fsp3) is 0.296. The number of nitrogens with zero attached hydrogens (tertiary/aromatic N) is 3. The zero-order chi connectivity index (χ0) is 24.4. The van der Waals surface area contributed by atoms with Crippen molar-refractivity contribution in [1.29, 1.82) is 5.26 Å². The van der Waals surface area contributed by atoms with Gasteiger partial charge in [-0.2, -0.15) is 5.26 Å². The topological polar surface area (TPSA) is 125 Å². The minimum Gasteiger partial charge on any atom is -0.493 e. The highest BCUT2D eigenvalue weighted by Crippen LogP contribution is 2.61. The van der Waals surface area contributed by atoms with Gasteiger partial charge in [-0.3, -0.25) is 9.59 Å². The van der Waals surface area contributed by atoms with E-state index in [-0.39, 0.29) is 23.7 Å². The van der Waals surface area contributed by atoms with Crippen molar-refractivity contribution in [3.05, 3.63) is 71.8 Å². The molecule has 2 heterocycles. The van der Waals surface area contributed by atoms with E-state index < -0.39 is 5.97 Å². The smallest absolute Gasteiger partial charge is 0.303 e. The quantitative estimate of drug-likeness (QED) is 0.535. The summed E-state index contributed by atoms with van der Waals surface area (Å²) in [5.41, 5.74) is 4.45. The van der Waals surface area contributed by atoms with Gasteiger partial charge in [-0.25, -0.2) is 9.97 Å². The Hall–Kier alpha value is -4.25. The molecule has 35 heavy (non-hydrogen) atoms. The molecule has 3 aromatic rings. The third-order valence-corrected chi connectivity index (χ3v) is 6.94. The van der Waals surface area contributed by atoms with Crippen molar-refractivity contribution in [2.24, 2.45) is 5.92 Å². The third kappa shape index (κ3) is 4.45. The number of carboxylic acid groups (broad SMARTS) is 1. The maximum absolute atomic E-state index is 13.4. The van der Waals surface area contributed by atoms with Crippen LogP contribution >= 0.6 is 0 Å². The van der Waals surface area contributed by atoms with Crippen LogP contribution in [0.4, 0.5) is 5.69 Å². The van der Waals surface area contributed by atoms with E-state index in [4.69, 9.17) is 9.84 Å². The van der Waals surface area contributed by atoms with Crippen LogP contribution in [0.1, 0.15) is 42.4 Å². The molecule has 5 rings (SSSR count). The van der Waals surface area contributed by atoms with Gasteiger partial charge in [0.2, 0.25) is 5.91 Å². The Morgan fingerprint density at radius 3 is 2.77 bits per heavy atom. The summed E-state index contributed by atoms with van der Waals surface area (Å²) in [7, 11) is 0. The number of fused-ring (bicyclic) bond motifs is 2. The summed E-state index contributed by atoms with van der Waals surface area (Å²) in [6.07, 6.45) is 7.48. The number of benzene rings is 2. The van der Waals surface area contributed by atoms with Gasteiger partial charge >= 0.3 is 5.97 Å². The number of carboxylic acids is 1. The van der Waals surface area contributed by atoms with E-state index in [0.29, 0.717) is 30.7 Å². The minimum atomic E-state index is -0.858. The summed E-state index contributed by atoms with van der Waals surface area (Å²) in [6, 6.07) is 13.2. The highest BCUT2D eigenvalue weighted by Gasteiger charge is 2.61. The van der Waals surface area contributed by atoms with Crippen molar-refractivity contribution >= 4 is 17.6 Å². The molecule has 0 unspecified atom stereocenters. The lowest BCUT2D eigenvalue weighted by Crippen LogP contribution is -2.27. The number of aliphatic carboxylic acids is 1. The molecule has 1 fully saturated rings. The van der Waals surface area contributed by atoms with Gasteiger partial charge < -0.3 is 15.2 Å². The molecule has 0 radical (unpaired) electrons. The number of amides is 1. The van der Waals surface area contributed by atoms with Gasteiger partial charge in [-0.05, 0) is 61.1 Å². The van der Waals surface area contributed by atoms with Crippen LogP contribution in [0, 0.1) is 17.2 Å². The number of hydrogen-bond donors (Lipinski definition) is 2. The van der Waals surface area contributed by atoms with Crippen LogP contribution in [-0.2, 0) is 21.4 Å². The van der Waals surface area contributed by atoms with Gasteiger partial charge in [0, 0.05) is 47.0 Å². The average Bonchev–Trinajstić information content (AvgIpc) is 3.60. The van der Waals surface area contributed by atoms with E-state index in [1.165, 1.54) is 6.33 Å². The molecule has 1 amide bonds. The Labute approximate surface area is 202 Å². The van der Waals surface area contributed by atoms with Crippen molar-refractivity contribution in [2.75, 3.05) is 11.9 Å². The molecule has 0 bridgehead atoms. The molecule has 1 aliphatic carbocycles. The Morgan fingerprint density at radius 1 is 1.17 bits per heavy atom.